The lowest BCUT2D eigenvalue weighted by Crippen LogP contribution is -2.36. The average Bonchev–Trinajstić information content (AvgIpc) is 3.35. The second kappa shape index (κ2) is 12.3. The fourth-order valence-corrected chi connectivity index (χ4v) is 4.95. The van der Waals surface area contributed by atoms with Gasteiger partial charge in [0, 0.05) is 17.8 Å². The fourth-order valence-electron chi connectivity index (χ4n) is 4.95. The van der Waals surface area contributed by atoms with E-state index >= 15 is 0 Å². The van der Waals surface area contributed by atoms with Crippen LogP contribution in [0.1, 0.15) is 54.9 Å². The number of pyridine rings is 1. The number of phenolic OH excluding ortho intramolecular Hbond substituents is 1. The van der Waals surface area contributed by atoms with Gasteiger partial charge in [-0.15, -0.1) is 12.4 Å². The number of amides is 1. The Bertz CT molecular complexity index is 1410. The fraction of sp³-hybridized carbons (Fsp3) is 0.300. The van der Waals surface area contributed by atoms with Gasteiger partial charge in [0.1, 0.15) is 11.6 Å². The first kappa shape index (κ1) is 28.1. The van der Waals surface area contributed by atoms with Gasteiger partial charge < -0.3 is 14.7 Å². The number of hydrogen-bond acceptors (Lipinski definition) is 5. The molecular weight excluding hydrogens is 519 g/mol. The van der Waals surface area contributed by atoms with E-state index in [2.05, 4.69) is 10.1 Å². The van der Waals surface area contributed by atoms with Crippen LogP contribution in [-0.2, 0) is 24.3 Å². The van der Waals surface area contributed by atoms with Crippen LogP contribution in [0.25, 0.3) is 0 Å². The molecule has 1 N–H and O–H groups in total. The summed E-state index contributed by atoms with van der Waals surface area (Å²) in [5.74, 6) is 0.0376. The minimum Gasteiger partial charge on any atom is -0.508 e. The van der Waals surface area contributed by atoms with Crippen molar-refractivity contribution in [2.24, 2.45) is 0 Å². The lowest BCUT2D eigenvalue weighted by Gasteiger charge is -2.31. The number of nitrogens with zero attached hydrogens (tertiary/aromatic N) is 4. The summed E-state index contributed by atoms with van der Waals surface area (Å²) in [6, 6.07) is 15.3. The van der Waals surface area contributed by atoms with Gasteiger partial charge in [0.05, 0.1) is 43.2 Å². The minimum atomic E-state index is -0.369. The molecule has 2 heterocycles. The first-order valence-electron chi connectivity index (χ1n) is 12.9. The zero-order valence-corrected chi connectivity index (χ0v) is 22.8. The Balaban J connectivity index is 0.00000353. The van der Waals surface area contributed by atoms with Crippen LogP contribution in [0.3, 0.4) is 0 Å². The van der Waals surface area contributed by atoms with E-state index in [9.17, 15) is 14.3 Å². The number of hydrogen-bond donors (Lipinski definition) is 1. The van der Waals surface area contributed by atoms with Gasteiger partial charge in [-0.25, -0.2) is 9.37 Å². The van der Waals surface area contributed by atoms with Crippen LogP contribution in [0.5, 0.6) is 11.6 Å². The molecule has 1 atom stereocenters. The molecule has 0 aliphatic heterocycles. The monoisotopic (exact) mass is 550 g/mol. The maximum absolute atomic E-state index is 14.1. The van der Waals surface area contributed by atoms with E-state index in [1.165, 1.54) is 12.1 Å². The molecule has 9 heteroatoms. The molecule has 2 aromatic carbocycles. The third kappa shape index (κ3) is 6.57. The molecule has 7 nitrogen and oxygen atoms in total. The molecular formula is C30H32ClFN4O3. The number of carbonyl (C=O) groups excluding carboxylic acids is 1. The third-order valence-corrected chi connectivity index (χ3v) is 6.72. The van der Waals surface area contributed by atoms with E-state index in [4.69, 9.17) is 4.74 Å². The lowest BCUT2D eigenvalue weighted by atomic mass is 9.81. The van der Waals surface area contributed by atoms with Crippen LogP contribution in [-0.4, -0.2) is 31.9 Å². The van der Waals surface area contributed by atoms with E-state index in [0.29, 0.717) is 31.1 Å². The molecule has 1 amide bonds. The molecule has 0 bridgehead atoms. The molecule has 0 fully saturated rings. The largest absolute Gasteiger partial charge is 0.508 e. The van der Waals surface area contributed by atoms with Crippen molar-refractivity contribution < 1.29 is 19.0 Å². The number of fused-ring (bicyclic) bond motifs is 1. The van der Waals surface area contributed by atoms with Gasteiger partial charge in [0.25, 0.3) is 0 Å². The number of aromatic hydroxyl groups is 1. The summed E-state index contributed by atoms with van der Waals surface area (Å²) in [6.45, 7) is 4.67. The quantitative estimate of drug-likeness (QED) is 0.289. The van der Waals surface area contributed by atoms with Gasteiger partial charge in [0.2, 0.25) is 11.8 Å². The Labute approximate surface area is 233 Å². The van der Waals surface area contributed by atoms with Gasteiger partial charge in [0.15, 0.2) is 0 Å². The Morgan fingerprint density at radius 3 is 2.64 bits per heavy atom. The highest BCUT2D eigenvalue weighted by Gasteiger charge is 2.32. The Morgan fingerprint density at radius 2 is 1.92 bits per heavy atom. The molecule has 204 valence electrons. The third-order valence-electron chi connectivity index (χ3n) is 6.72. The molecule has 0 radical (unpaired) electrons. The summed E-state index contributed by atoms with van der Waals surface area (Å²) in [7, 11) is 0. The van der Waals surface area contributed by atoms with Crippen LogP contribution in [0.2, 0.25) is 0 Å². The number of aromatic nitrogens is 3. The topological polar surface area (TPSA) is 80.5 Å². The van der Waals surface area contributed by atoms with Crippen molar-refractivity contribution in [3.8, 4) is 11.6 Å². The SMILES string of the molecule is CC(C)Oc1ccc(N(Cc2cnn(Cc3ccc(F)cc3)c2)C(=O)C2CCCc3c(O)cccc32)cn1.Cl. The van der Waals surface area contributed by atoms with Crippen molar-refractivity contribution in [3.05, 3.63) is 101 Å². The molecule has 1 aliphatic carbocycles. The number of benzene rings is 2. The molecule has 0 spiro atoms. The second-order valence-electron chi connectivity index (χ2n) is 9.91. The summed E-state index contributed by atoms with van der Waals surface area (Å²) in [4.78, 5) is 20.3. The summed E-state index contributed by atoms with van der Waals surface area (Å²) >= 11 is 0. The zero-order chi connectivity index (χ0) is 26.6. The standard InChI is InChI=1S/C30H31FN4O3.ClH/c1-20(2)38-29-14-13-24(16-32-29)35(30(37)27-7-3-6-26-25(27)5-4-8-28(26)36)19-22-15-33-34(18-22)17-21-9-11-23(31)12-10-21;/h4-5,8-16,18,20,27,36H,3,6-7,17,19H2,1-2H3;1H. The second-order valence-corrected chi connectivity index (χ2v) is 9.91. The van der Waals surface area contributed by atoms with E-state index in [1.54, 1.807) is 52.3 Å². The van der Waals surface area contributed by atoms with Crippen molar-refractivity contribution in [2.45, 2.75) is 58.2 Å². The Kier molecular flexibility index (Phi) is 8.86. The molecule has 2 aromatic heterocycles. The van der Waals surface area contributed by atoms with Crippen molar-refractivity contribution in [1.29, 1.82) is 0 Å². The first-order valence-corrected chi connectivity index (χ1v) is 12.9. The zero-order valence-electron chi connectivity index (χ0n) is 22.0. The maximum Gasteiger partial charge on any atom is 0.234 e. The van der Waals surface area contributed by atoms with Gasteiger partial charge in [-0.1, -0.05) is 24.3 Å². The van der Waals surface area contributed by atoms with Crippen LogP contribution in [0, 0.1) is 5.82 Å². The van der Waals surface area contributed by atoms with Crippen LogP contribution < -0.4 is 9.64 Å². The Hall–Kier alpha value is -3.91. The van der Waals surface area contributed by atoms with E-state index in [0.717, 1.165) is 35.1 Å². The van der Waals surface area contributed by atoms with Crippen molar-refractivity contribution in [2.75, 3.05) is 4.90 Å². The average molecular weight is 551 g/mol. The van der Waals surface area contributed by atoms with Crippen molar-refractivity contribution in [3.63, 3.8) is 0 Å². The molecule has 39 heavy (non-hydrogen) atoms. The van der Waals surface area contributed by atoms with Gasteiger partial charge in [-0.2, -0.15) is 5.10 Å². The molecule has 1 unspecified atom stereocenters. The van der Waals surface area contributed by atoms with E-state index in [-0.39, 0.29) is 41.9 Å². The van der Waals surface area contributed by atoms with Crippen LogP contribution in [0.15, 0.2) is 73.2 Å². The number of phenols is 1. The molecule has 0 saturated heterocycles. The van der Waals surface area contributed by atoms with Gasteiger partial charge >= 0.3 is 0 Å². The highest BCUT2D eigenvalue weighted by molar-refractivity contribution is 5.98. The summed E-state index contributed by atoms with van der Waals surface area (Å²) < 4.78 is 20.7. The molecule has 4 aromatic rings. The highest BCUT2D eigenvalue weighted by Crippen LogP contribution is 2.38. The smallest absolute Gasteiger partial charge is 0.234 e. The summed E-state index contributed by atoms with van der Waals surface area (Å²) in [5.41, 5.74) is 4.17. The summed E-state index contributed by atoms with van der Waals surface area (Å²) in [5, 5.41) is 14.9. The molecule has 1 aliphatic rings. The van der Waals surface area contributed by atoms with Gasteiger partial charge in [-0.05, 0) is 74.1 Å². The number of rotatable bonds is 8. The Morgan fingerprint density at radius 1 is 1.13 bits per heavy atom. The molecule has 0 saturated carbocycles. The predicted octanol–water partition coefficient (Wildman–Crippen LogP) is 6.03. The van der Waals surface area contributed by atoms with Gasteiger partial charge in [-0.3, -0.25) is 9.48 Å². The summed E-state index contributed by atoms with van der Waals surface area (Å²) in [6.07, 6.45) is 7.57. The van der Waals surface area contributed by atoms with Crippen LogP contribution in [0.4, 0.5) is 10.1 Å². The number of halogens is 2. The predicted molar refractivity (Wildman–Crippen MR) is 150 cm³/mol. The van der Waals surface area contributed by atoms with E-state index < -0.39 is 0 Å². The molecule has 5 rings (SSSR count). The van der Waals surface area contributed by atoms with E-state index in [1.807, 2.05) is 32.2 Å². The van der Waals surface area contributed by atoms with Crippen molar-refractivity contribution in [1.82, 2.24) is 14.8 Å². The van der Waals surface area contributed by atoms with Crippen LogP contribution >= 0.6 is 12.4 Å². The number of anilines is 1. The maximum atomic E-state index is 14.1. The number of carbonyl (C=O) groups is 1. The minimum absolute atomic E-state index is 0. The highest BCUT2D eigenvalue weighted by atomic mass is 35.5. The number of ether oxygens (including phenoxy) is 1. The normalized spacial score (nSPS) is 14.4. The van der Waals surface area contributed by atoms with Crippen molar-refractivity contribution >= 4 is 24.0 Å². The lowest BCUT2D eigenvalue weighted by molar-refractivity contribution is -0.120. The first-order chi connectivity index (χ1) is 18.4.